The van der Waals surface area contributed by atoms with Gasteiger partial charge in [0.2, 0.25) is 0 Å². The lowest BCUT2D eigenvalue weighted by Gasteiger charge is -2.35. The number of hydrogen-bond donors (Lipinski definition) is 1. The normalized spacial score (nSPS) is 11.3. The Kier molecular flexibility index (Phi) is 5.87. The van der Waals surface area contributed by atoms with E-state index in [1.807, 2.05) is 63.2 Å². The molecule has 0 saturated carbocycles. The van der Waals surface area contributed by atoms with Gasteiger partial charge in [-0.15, -0.1) is 0 Å². The van der Waals surface area contributed by atoms with E-state index in [0.717, 1.165) is 10.9 Å². The van der Waals surface area contributed by atoms with Gasteiger partial charge in [-0.1, -0.05) is 60.7 Å². The number of esters is 1. The summed E-state index contributed by atoms with van der Waals surface area (Å²) < 4.78 is 5.24. The van der Waals surface area contributed by atoms with Crippen LogP contribution < -0.4 is 0 Å². The molecule has 0 fully saturated rings. The second kappa shape index (κ2) is 8.35. The van der Waals surface area contributed by atoms with Gasteiger partial charge in [-0.25, -0.2) is 4.79 Å². The summed E-state index contributed by atoms with van der Waals surface area (Å²) in [6, 6.07) is 20.1. The highest BCUT2D eigenvalue weighted by Crippen LogP contribution is 2.29. The second-order valence-electron chi connectivity index (χ2n) is 7.90. The number of aromatic hydroxyl groups is 1. The number of rotatable bonds is 5. The summed E-state index contributed by atoms with van der Waals surface area (Å²) >= 11 is 0. The van der Waals surface area contributed by atoms with Crippen LogP contribution in [0.3, 0.4) is 0 Å². The summed E-state index contributed by atoms with van der Waals surface area (Å²) in [6.07, 6.45) is 0. The van der Waals surface area contributed by atoms with Crippen molar-refractivity contribution in [3.05, 3.63) is 77.9 Å². The zero-order valence-electron chi connectivity index (χ0n) is 16.9. The van der Waals surface area contributed by atoms with E-state index in [4.69, 9.17) is 4.74 Å². The van der Waals surface area contributed by atoms with E-state index >= 15 is 0 Å². The molecule has 5 heteroatoms. The van der Waals surface area contributed by atoms with Gasteiger partial charge in [-0.3, -0.25) is 4.79 Å². The van der Waals surface area contributed by atoms with Gasteiger partial charge in [-0.05, 0) is 37.8 Å². The van der Waals surface area contributed by atoms with Crippen LogP contribution in [0.5, 0.6) is 5.75 Å². The molecule has 150 valence electrons. The summed E-state index contributed by atoms with van der Waals surface area (Å²) in [5.41, 5.74) is 0.598. The van der Waals surface area contributed by atoms with Gasteiger partial charge in [0.25, 0.3) is 5.91 Å². The summed E-state index contributed by atoms with van der Waals surface area (Å²) in [5, 5.41) is 11.8. The SMILES string of the molecule is CC(C)(C)N(Cc1ccccc1)C(=O)COC(=O)c1ccc2ccccc2c1O. The standard InChI is InChI=1S/C24H25NO4/c1-24(2,3)25(15-17-9-5-4-6-10-17)21(26)16-29-23(28)20-14-13-18-11-7-8-12-19(18)22(20)27/h4-14,27H,15-16H2,1-3H3. The number of ether oxygens (including phenoxy) is 1. The number of carbonyl (C=O) groups is 2. The summed E-state index contributed by atoms with van der Waals surface area (Å²) in [5.74, 6) is -1.16. The minimum atomic E-state index is -0.727. The molecular formula is C24H25NO4. The molecule has 0 saturated heterocycles. The van der Waals surface area contributed by atoms with Crippen LogP contribution in [0, 0.1) is 0 Å². The van der Waals surface area contributed by atoms with E-state index in [2.05, 4.69) is 0 Å². The maximum Gasteiger partial charge on any atom is 0.342 e. The molecule has 0 aliphatic heterocycles. The highest BCUT2D eigenvalue weighted by molar-refractivity contribution is 6.01. The average Bonchev–Trinajstić information content (AvgIpc) is 2.70. The Morgan fingerprint density at radius 2 is 1.59 bits per heavy atom. The Hall–Kier alpha value is -3.34. The molecule has 0 aliphatic carbocycles. The van der Waals surface area contributed by atoms with Crippen molar-refractivity contribution in [1.82, 2.24) is 4.90 Å². The van der Waals surface area contributed by atoms with E-state index in [1.165, 1.54) is 6.07 Å². The first-order valence-corrected chi connectivity index (χ1v) is 9.49. The van der Waals surface area contributed by atoms with Crippen molar-refractivity contribution in [3.63, 3.8) is 0 Å². The molecule has 0 spiro atoms. The molecule has 3 rings (SSSR count). The average molecular weight is 391 g/mol. The molecule has 0 atom stereocenters. The first-order valence-electron chi connectivity index (χ1n) is 9.49. The molecule has 0 aliphatic rings. The van der Waals surface area contributed by atoms with Crippen LogP contribution >= 0.6 is 0 Å². The summed E-state index contributed by atoms with van der Waals surface area (Å²) in [7, 11) is 0. The maximum atomic E-state index is 12.8. The first-order chi connectivity index (χ1) is 13.8. The zero-order chi connectivity index (χ0) is 21.0. The molecule has 3 aromatic carbocycles. The first kappa shape index (κ1) is 20.4. The number of nitrogens with zero attached hydrogens (tertiary/aromatic N) is 1. The number of amides is 1. The van der Waals surface area contributed by atoms with E-state index in [1.54, 1.807) is 23.1 Å². The van der Waals surface area contributed by atoms with Gasteiger partial charge in [0.05, 0.1) is 0 Å². The third-order valence-electron chi connectivity index (χ3n) is 4.74. The molecule has 0 unspecified atom stereocenters. The molecule has 1 N–H and O–H groups in total. The Labute approximate surface area is 170 Å². The quantitative estimate of drug-likeness (QED) is 0.649. The molecular weight excluding hydrogens is 366 g/mol. The predicted octanol–water partition coefficient (Wildman–Crippen LogP) is 4.53. The highest BCUT2D eigenvalue weighted by Gasteiger charge is 2.27. The zero-order valence-corrected chi connectivity index (χ0v) is 16.9. The van der Waals surface area contributed by atoms with Gasteiger partial charge >= 0.3 is 5.97 Å². The van der Waals surface area contributed by atoms with Crippen LogP contribution in [0.4, 0.5) is 0 Å². The van der Waals surface area contributed by atoms with E-state index in [-0.39, 0.29) is 17.2 Å². The minimum absolute atomic E-state index is 0.0434. The molecule has 29 heavy (non-hydrogen) atoms. The van der Waals surface area contributed by atoms with Crippen molar-refractivity contribution in [1.29, 1.82) is 0 Å². The third-order valence-corrected chi connectivity index (χ3v) is 4.74. The van der Waals surface area contributed by atoms with Crippen molar-refractivity contribution in [2.24, 2.45) is 0 Å². The van der Waals surface area contributed by atoms with Gasteiger partial charge < -0.3 is 14.7 Å². The van der Waals surface area contributed by atoms with Crippen molar-refractivity contribution in [2.45, 2.75) is 32.9 Å². The monoisotopic (exact) mass is 391 g/mol. The van der Waals surface area contributed by atoms with Crippen LogP contribution in [0.25, 0.3) is 10.8 Å². The number of carbonyl (C=O) groups excluding carboxylic acids is 2. The van der Waals surface area contributed by atoms with Crippen LogP contribution in [-0.2, 0) is 16.1 Å². The van der Waals surface area contributed by atoms with Crippen LogP contribution in [0.15, 0.2) is 66.7 Å². The molecule has 5 nitrogen and oxygen atoms in total. The number of phenolic OH excluding ortho intramolecular Hbond substituents is 1. The van der Waals surface area contributed by atoms with Gasteiger partial charge in [-0.2, -0.15) is 0 Å². The Morgan fingerprint density at radius 3 is 2.28 bits per heavy atom. The van der Waals surface area contributed by atoms with Gasteiger partial charge in [0, 0.05) is 17.5 Å². The topological polar surface area (TPSA) is 66.8 Å². The fourth-order valence-corrected chi connectivity index (χ4v) is 3.17. The largest absolute Gasteiger partial charge is 0.506 e. The van der Waals surface area contributed by atoms with Crippen molar-refractivity contribution >= 4 is 22.6 Å². The third kappa shape index (κ3) is 4.74. The number of fused-ring (bicyclic) bond motifs is 1. The summed E-state index contributed by atoms with van der Waals surface area (Å²) in [4.78, 5) is 27.0. The van der Waals surface area contributed by atoms with Gasteiger partial charge in [0.15, 0.2) is 6.61 Å². The van der Waals surface area contributed by atoms with Gasteiger partial charge in [0.1, 0.15) is 11.3 Å². The Balaban J connectivity index is 1.72. The van der Waals surface area contributed by atoms with Crippen LogP contribution in [0.2, 0.25) is 0 Å². The molecule has 1 amide bonds. The fourth-order valence-electron chi connectivity index (χ4n) is 3.17. The fraction of sp³-hybridized carbons (Fsp3) is 0.250. The van der Waals surface area contributed by atoms with Crippen LogP contribution in [0.1, 0.15) is 36.7 Å². The minimum Gasteiger partial charge on any atom is -0.506 e. The van der Waals surface area contributed by atoms with E-state index < -0.39 is 18.1 Å². The molecule has 0 aromatic heterocycles. The van der Waals surface area contributed by atoms with Crippen molar-refractivity contribution < 1.29 is 19.4 Å². The maximum absolute atomic E-state index is 12.8. The second-order valence-corrected chi connectivity index (χ2v) is 7.90. The van der Waals surface area contributed by atoms with E-state index in [9.17, 15) is 14.7 Å². The number of hydrogen-bond acceptors (Lipinski definition) is 4. The lowest BCUT2D eigenvalue weighted by Crippen LogP contribution is -2.46. The van der Waals surface area contributed by atoms with Crippen molar-refractivity contribution in [3.8, 4) is 5.75 Å². The highest BCUT2D eigenvalue weighted by atomic mass is 16.5. The molecule has 0 bridgehead atoms. The van der Waals surface area contributed by atoms with E-state index in [0.29, 0.717) is 11.9 Å². The number of benzene rings is 3. The molecule has 0 heterocycles. The van der Waals surface area contributed by atoms with Crippen LogP contribution in [-0.4, -0.2) is 34.0 Å². The Morgan fingerprint density at radius 1 is 0.931 bits per heavy atom. The smallest absolute Gasteiger partial charge is 0.342 e. The lowest BCUT2D eigenvalue weighted by molar-refractivity contribution is -0.140. The Bertz CT molecular complexity index is 1020. The number of phenols is 1. The molecule has 3 aromatic rings. The molecule has 0 radical (unpaired) electrons. The predicted molar refractivity (Wildman–Crippen MR) is 113 cm³/mol. The summed E-state index contributed by atoms with van der Waals surface area (Å²) in [6.45, 7) is 5.83. The van der Waals surface area contributed by atoms with Crippen molar-refractivity contribution in [2.75, 3.05) is 6.61 Å². The lowest BCUT2D eigenvalue weighted by atomic mass is 10.0.